The maximum atomic E-state index is 13.5. The lowest BCUT2D eigenvalue weighted by Gasteiger charge is -2.32. The summed E-state index contributed by atoms with van der Waals surface area (Å²) in [6.45, 7) is 6.46. The highest BCUT2D eigenvalue weighted by atomic mass is 32.2. The first-order valence-corrected chi connectivity index (χ1v) is 10.9. The van der Waals surface area contributed by atoms with Crippen LogP contribution >= 0.6 is 0 Å². The van der Waals surface area contributed by atoms with E-state index in [0.29, 0.717) is 18.0 Å². The summed E-state index contributed by atoms with van der Waals surface area (Å²) in [6.07, 6.45) is 3.70. The first-order chi connectivity index (χ1) is 12.4. The average Bonchev–Trinajstić information content (AvgIpc) is 3.16. The van der Waals surface area contributed by atoms with Gasteiger partial charge in [0.1, 0.15) is 0 Å². The van der Waals surface area contributed by atoms with Crippen LogP contribution in [0.2, 0.25) is 0 Å². The van der Waals surface area contributed by atoms with Gasteiger partial charge in [0.25, 0.3) is 0 Å². The van der Waals surface area contributed by atoms with E-state index in [-0.39, 0.29) is 18.5 Å². The lowest BCUT2D eigenvalue weighted by Crippen LogP contribution is -2.51. The lowest BCUT2D eigenvalue weighted by molar-refractivity contribution is -0.132. The Morgan fingerprint density at radius 1 is 1.19 bits per heavy atom. The maximum Gasteiger partial charge on any atom is 0.244 e. The van der Waals surface area contributed by atoms with Crippen LogP contribution in [0.15, 0.2) is 23.1 Å². The molecule has 1 saturated carbocycles. The van der Waals surface area contributed by atoms with Crippen LogP contribution in [0.25, 0.3) is 0 Å². The number of sulfonamides is 1. The lowest BCUT2D eigenvalue weighted by atomic mass is 10.2. The summed E-state index contributed by atoms with van der Waals surface area (Å²) in [5.74, 6) is -0.0905. The van der Waals surface area contributed by atoms with Crippen LogP contribution in [0.1, 0.15) is 36.8 Å². The molecule has 1 aliphatic carbocycles. The van der Waals surface area contributed by atoms with Crippen molar-refractivity contribution in [2.75, 3.05) is 32.7 Å². The van der Waals surface area contributed by atoms with Crippen LogP contribution in [0.4, 0.5) is 0 Å². The number of amides is 1. The summed E-state index contributed by atoms with van der Waals surface area (Å²) in [6, 6.07) is 5.40. The predicted octanol–water partition coefficient (Wildman–Crippen LogP) is 1.67. The summed E-state index contributed by atoms with van der Waals surface area (Å²) in [5.41, 5.74) is 1.64. The number of aryl methyl sites for hydroxylation is 2. The zero-order valence-electron chi connectivity index (χ0n) is 15.7. The van der Waals surface area contributed by atoms with Crippen molar-refractivity contribution in [2.24, 2.45) is 0 Å². The maximum absolute atomic E-state index is 13.5. The molecule has 2 fully saturated rings. The number of hydrogen-bond acceptors (Lipinski definition) is 4. The van der Waals surface area contributed by atoms with Gasteiger partial charge in [-0.3, -0.25) is 4.79 Å². The fourth-order valence-electron chi connectivity index (χ4n) is 3.86. The molecule has 3 rings (SSSR count). The second-order valence-corrected chi connectivity index (χ2v) is 9.25. The van der Waals surface area contributed by atoms with Crippen molar-refractivity contribution in [1.82, 2.24) is 14.5 Å². The Kier molecular flexibility index (Phi) is 5.99. The van der Waals surface area contributed by atoms with E-state index in [1.807, 2.05) is 26.0 Å². The van der Waals surface area contributed by atoms with Gasteiger partial charge in [0.15, 0.2) is 0 Å². The van der Waals surface area contributed by atoms with Crippen molar-refractivity contribution in [2.45, 2.75) is 50.5 Å². The third-order valence-corrected chi connectivity index (χ3v) is 7.46. The minimum Gasteiger partial charge on any atom is -0.339 e. The van der Waals surface area contributed by atoms with E-state index in [2.05, 4.69) is 5.32 Å². The standard InChI is InChI=1S/C19H29N3O3S/c1-15-7-8-16(2)18(13-15)26(24,25)22(17-5-3-4-6-17)14-19(23)21-11-9-20-10-12-21/h7-8,13,17,20H,3-6,9-12,14H2,1-2H3. The van der Waals surface area contributed by atoms with E-state index in [0.717, 1.165) is 49.9 Å². The predicted molar refractivity (Wildman–Crippen MR) is 102 cm³/mol. The minimum absolute atomic E-state index is 0.0552. The molecule has 0 radical (unpaired) electrons. The summed E-state index contributed by atoms with van der Waals surface area (Å²) >= 11 is 0. The zero-order valence-corrected chi connectivity index (χ0v) is 16.5. The normalized spacial score (nSPS) is 19.3. The van der Waals surface area contributed by atoms with Crippen molar-refractivity contribution in [3.8, 4) is 0 Å². The second-order valence-electron chi connectivity index (χ2n) is 7.39. The summed E-state index contributed by atoms with van der Waals surface area (Å²) < 4.78 is 28.4. The number of benzene rings is 1. The molecular formula is C19H29N3O3S. The molecule has 7 heteroatoms. The van der Waals surface area contributed by atoms with Gasteiger partial charge in [-0.2, -0.15) is 4.31 Å². The van der Waals surface area contributed by atoms with E-state index < -0.39 is 10.0 Å². The molecule has 0 spiro atoms. The third kappa shape index (κ3) is 4.10. The molecular weight excluding hydrogens is 350 g/mol. The van der Waals surface area contributed by atoms with Crippen LogP contribution < -0.4 is 5.32 Å². The van der Waals surface area contributed by atoms with Crippen molar-refractivity contribution >= 4 is 15.9 Å². The molecule has 0 aromatic heterocycles. The number of carbonyl (C=O) groups excluding carboxylic acids is 1. The van der Waals surface area contributed by atoms with Crippen molar-refractivity contribution < 1.29 is 13.2 Å². The number of hydrogen-bond donors (Lipinski definition) is 1. The molecule has 1 aliphatic heterocycles. The highest BCUT2D eigenvalue weighted by molar-refractivity contribution is 7.89. The Bertz CT molecular complexity index is 751. The molecule has 144 valence electrons. The fourth-order valence-corrected chi connectivity index (χ4v) is 5.81. The SMILES string of the molecule is Cc1ccc(C)c(S(=O)(=O)N(CC(=O)N2CCNCC2)C2CCCC2)c1. The molecule has 2 aliphatic rings. The van der Waals surface area contributed by atoms with Gasteiger partial charge in [-0.15, -0.1) is 0 Å². The quantitative estimate of drug-likeness (QED) is 0.845. The van der Waals surface area contributed by atoms with Crippen LogP contribution in [-0.2, 0) is 14.8 Å². The van der Waals surface area contributed by atoms with E-state index in [4.69, 9.17) is 0 Å². The van der Waals surface area contributed by atoms with Gasteiger partial charge in [0, 0.05) is 32.2 Å². The molecule has 1 amide bonds. The highest BCUT2D eigenvalue weighted by Gasteiger charge is 2.36. The van der Waals surface area contributed by atoms with Gasteiger partial charge in [0.2, 0.25) is 15.9 Å². The molecule has 0 unspecified atom stereocenters. The van der Waals surface area contributed by atoms with Crippen LogP contribution in [0.5, 0.6) is 0 Å². The van der Waals surface area contributed by atoms with E-state index >= 15 is 0 Å². The highest BCUT2D eigenvalue weighted by Crippen LogP contribution is 2.30. The monoisotopic (exact) mass is 379 g/mol. The number of nitrogens with one attached hydrogen (secondary N) is 1. The van der Waals surface area contributed by atoms with Crippen LogP contribution in [-0.4, -0.2) is 62.3 Å². The smallest absolute Gasteiger partial charge is 0.244 e. The Balaban J connectivity index is 1.89. The molecule has 1 N–H and O–H groups in total. The van der Waals surface area contributed by atoms with E-state index in [1.54, 1.807) is 11.0 Å². The first-order valence-electron chi connectivity index (χ1n) is 9.47. The number of carbonyl (C=O) groups is 1. The molecule has 1 aromatic carbocycles. The van der Waals surface area contributed by atoms with Gasteiger partial charge in [0.05, 0.1) is 11.4 Å². The molecule has 1 saturated heterocycles. The van der Waals surface area contributed by atoms with Crippen LogP contribution in [0, 0.1) is 13.8 Å². The van der Waals surface area contributed by atoms with Gasteiger partial charge in [-0.1, -0.05) is 25.0 Å². The van der Waals surface area contributed by atoms with Gasteiger partial charge in [-0.05, 0) is 43.9 Å². The zero-order chi connectivity index (χ0) is 18.7. The molecule has 0 atom stereocenters. The fraction of sp³-hybridized carbons (Fsp3) is 0.632. The number of piperazine rings is 1. The first kappa shape index (κ1) is 19.3. The molecule has 6 nitrogen and oxygen atoms in total. The number of rotatable bonds is 5. The van der Waals surface area contributed by atoms with Crippen LogP contribution in [0.3, 0.4) is 0 Å². The van der Waals surface area contributed by atoms with Crippen molar-refractivity contribution in [1.29, 1.82) is 0 Å². The molecule has 0 bridgehead atoms. The Morgan fingerprint density at radius 3 is 2.50 bits per heavy atom. The average molecular weight is 380 g/mol. The van der Waals surface area contributed by atoms with E-state index in [1.165, 1.54) is 4.31 Å². The molecule has 26 heavy (non-hydrogen) atoms. The largest absolute Gasteiger partial charge is 0.339 e. The Labute approximate surface area is 156 Å². The van der Waals surface area contributed by atoms with Gasteiger partial charge >= 0.3 is 0 Å². The Morgan fingerprint density at radius 2 is 1.85 bits per heavy atom. The third-order valence-electron chi connectivity index (χ3n) is 5.42. The van der Waals surface area contributed by atoms with Crippen molar-refractivity contribution in [3.05, 3.63) is 29.3 Å². The second kappa shape index (κ2) is 8.06. The molecule has 1 heterocycles. The summed E-state index contributed by atoms with van der Waals surface area (Å²) in [4.78, 5) is 14.9. The summed E-state index contributed by atoms with van der Waals surface area (Å²) in [5, 5.41) is 3.22. The number of nitrogens with zero attached hydrogens (tertiary/aromatic N) is 2. The topological polar surface area (TPSA) is 69.7 Å². The molecule has 1 aromatic rings. The van der Waals surface area contributed by atoms with Crippen molar-refractivity contribution in [3.63, 3.8) is 0 Å². The van der Waals surface area contributed by atoms with E-state index in [9.17, 15) is 13.2 Å². The summed E-state index contributed by atoms with van der Waals surface area (Å²) in [7, 11) is -3.70. The Hall–Kier alpha value is -1.44. The minimum atomic E-state index is -3.70. The van der Waals surface area contributed by atoms with Gasteiger partial charge < -0.3 is 10.2 Å². The van der Waals surface area contributed by atoms with Gasteiger partial charge in [-0.25, -0.2) is 8.42 Å².